The van der Waals surface area contributed by atoms with Crippen molar-refractivity contribution in [3.63, 3.8) is 0 Å². The van der Waals surface area contributed by atoms with Crippen LogP contribution in [0.15, 0.2) is 12.3 Å². The lowest BCUT2D eigenvalue weighted by atomic mass is 10.1. The highest BCUT2D eigenvalue weighted by Gasteiger charge is 2.21. The molecular formula is C11H15ClN2O. The molecule has 0 radical (unpaired) electrons. The third kappa shape index (κ3) is 1.94. The fourth-order valence-electron chi connectivity index (χ4n) is 1.93. The first kappa shape index (κ1) is 10.7. The first-order valence-corrected chi connectivity index (χ1v) is 5.59. The highest BCUT2D eigenvalue weighted by atomic mass is 35.5. The van der Waals surface area contributed by atoms with E-state index in [-0.39, 0.29) is 12.1 Å². The van der Waals surface area contributed by atoms with Crippen LogP contribution in [0.5, 0.6) is 0 Å². The van der Waals surface area contributed by atoms with Gasteiger partial charge in [-0.1, -0.05) is 17.7 Å². The first-order chi connectivity index (χ1) is 7.09. The number of nitrogens with zero attached hydrogens (tertiary/aromatic N) is 2. The number of aliphatic hydroxyl groups is 1. The van der Waals surface area contributed by atoms with Gasteiger partial charge in [0.25, 0.3) is 0 Å². The van der Waals surface area contributed by atoms with Gasteiger partial charge in [0, 0.05) is 6.04 Å². The molecule has 0 fully saturated rings. The fourth-order valence-corrected chi connectivity index (χ4v) is 2.18. The number of hydrogen-bond acceptors (Lipinski definition) is 2. The van der Waals surface area contributed by atoms with Crippen LogP contribution < -0.4 is 0 Å². The molecule has 82 valence electrons. The van der Waals surface area contributed by atoms with Crippen LogP contribution in [0.4, 0.5) is 0 Å². The molecule has 3 nitrogen and oxygen atoms in total. The monoisotopic (exact) mass is 226 g/mol. The fraction of sp³-hybridized carbons (Fsp3) is 0.545. The van der Waals surface area contributed by atoms with Crippen molar-refractivity contribution in [2.24, 2.45) is 0 Å². The zero-order valence-electron chi connectivity index (χ0n) is 8.94. The van der Waals surface area contributed by atoms with Gasteiger partial charge in [0.2, 0.25) is 0 Å². The molecule has 1 aliphatic carbocycles. The molecule has 1 aromatic heterocycles. The highest BCUT2D eigenvalue weighted by Crippen LogP contribution is 2.33. The summed E-state index contributed by atoms with van der Waals surface area (Å²) in [4.78, 5) is 0. The van der Waals surface area contributed by atoms with Crippen molar-refractivity contribution in [3.05, 3.63) is 23.0 Å². The van der Waals surface area contributed by atoms with Gasteiger partial charge < -0.3 is 5.11 Å². The van der Waals surface area contributed by atoms with E-state index in [1.165, 1.54) is 0 Å². The number of aliphatic hydroxyl groups excluding tert-OH is 1. The second kappa shape index (κ2) is 3.99. The third-order valence-corrected chi connectivity index (χ3v) is 2.92. The summed E-state index contributed by atoms with van der Waals surface area (Å²) in [6.07, 6.45) is 4.88. The number of allylic oxidation sites excluding steroid dienone is 1. The lowest BCUT2D eigenvalue weighted by molar-refractivity contribution is 0.223. The second-order valence-corrected chi connectivity index (χ2v) is 4.58. The minimum Gasteiger partial charge on any atom is -0.389 e. The van der Waals surface area contributed by atoms with Crippen LogP contribution in [0.1, 0.15) is 38.4 Å². The van der Waals surface area contributed by atoms with Gasteiger partial charge in [-0.3, -0.25) is 4.68 Å². The smallest absolute Gasteiger partial charge is 0.0862 e. The number of aromatic nitrogens is 2. The summed E-state index contributed by atoms with van der Waals surface area (Å²) in [6, 6.07) is 0.283. The van der Waals surface area contributed by atoms with E-state index in [4.69, 9.17) is 11.6 Å². The van der Waals surface area contributed by atoms with Crippen LogP contribution in [0.25, 0.3) is 5.57 Å². The van der Waals surface area contributed by atoms with Crippen molar-refractivity contribution in [2.75, 3.05) is 0 Å². The molecule has 4 heteroatoms. The van der Waals surface area contributed by atoms with Crippen molar-refractivity contribution in [1.82, 2.24) is 9.78 Å². The average molecular weight is 227 g/mol. The first-order valence-electron chi connectivity index (χ1n) is 5.21. The van der Waals surface area contributed by atoms with Gasteiger partial charge in [0.15, 0.2) is 0 Å². The lowest BCUT2D eigenvalue weighted by Crippen LogP contribution is -2.06. The molecule has 0 saturated carbocycles. The third-order valence-electron chi connectivity index (χ3n) is 2.65. The zero-order valence-corrected chi connectivity index (χ0v) is 9.70. The summed E-state index contributed by atoms with van der Waals surface area (Å²) >= 11 is 6.11. The molecule has 0 aliphatic heterocycles. The molecule has 0 bridgehead atoms. The van der Waals surface area contributed by atoms with Crippen molar-refractivity contribution < 1.29 is 5.11 Å². The molecule has 0 aromatic carbocycles. The Bertz CT molecular complexity index is 395. The van der Waals surface area contributed by atoms with E-state index < -0.39 is 0 Å². The maximum Gasteiger partial charge on any atom is 0.0862 e. The van der Waals surface area contributed by atoms with Crippen LogP contribution in [0, 0.1) is 0 Å². The molecule has 1 N–H and O–H groups in total. The van der Waals surface area contributed by atoms with Crippen LogP contribution in [-0.2, 0) is 0 Å². The van der Waals surface area contributed by atoms with Gasteiger partial charge in [0.1, 0.15) is 0 Å². The number of halogens is 1. The van der Waals surface area contributed by atoms with Crippen molar-refractivity contribution >= 4 is 17.2 Å². The summed E-state index contributed by atoms with van der Waals surface area (Å²) in [5, 5.41) is 14.4. The van der Waals surface area contributed by atoms with Crippen LogP contribution in [0.2, 0.25) is 5.02 Å². The Hall–Kier alpha value is -0.800. The van der Waals surface area contributed by atoms with Crippen LogP contribution in [0.3, 0.4) is 0 Å². The standard InChI is InChI=1S/C11H15ClN2O/c1-7(2)14-11(10(12)6-13-14)8-3-4-9(15)5-8/h5-7,9,15H,3-4H2,1-2H3. The molecule has 1 aliphatic rings. The second-order valence-electron chi connectivity index (χ2n) is 4.18. The van der Waals surface area contributed by atoms with Crippen molar-refractivity contribution in [2.45, 2.75) is 38.8 Å². The maximum absolute atomic E-state index is 9.47. The molecule has 1 unspecified atom stereocenters. The van der Waals surface area contributed by atoms with E-state index in [0.29, 0.717) is 5.02 Å². The molecule has 0 saturated heterocycles. The molecule has 15 heavy (non-hydrogen) atoms. The van der Waals surface area contributed by atoms with E-state index in [9.17, 15) is 5.11 Å². The van der Waals surface area contributed by atoms with Crippen LogP contribution in [-0.4, -0.2) is 21.0 Å². The Morgan fingerprint density at radius 3 is 2.87 bits per heavy atom. The van der Waals surface area contributed by atoms with Crippen LogP contribution >= 0.6 is 11.6 Å². The Kier molecular flexibility index (Phi) is 2.85. The number of hydrogen-bond donors (Lipinski definition) is 1. The Balaban J connectivity index is 2.42. The maximum atomic E-state index is 9.47. The molecule has 0 spiro atoms. The van der Waals surface area contributed by atoms with Gasteiger partial charge in [-0.05, 0) is 32.3 Å². The van der Waals surface area contributed by atoms with Gasteiger partial charge in [-0.2, -0.15) is 5.10 Å². The van der Waals surface area contributed by atoms with E-state index in [2.05, 4.69) is 18.9 Å². The Morgan fingerprint density at radius 1 is 1.60 bits per heavy atom. The SMILES string of the molecule is CC(C)n1ncc(Cl)c1C1=CC(O)CC1. The molecule has 2 rings (SSSR count). The molecule has 0 amide bonds. The number of rotatable bonds is 2. The normalized spacial score (nSPS) is 21.1. The molecule has 1 atom stereocenters. The predicted octanol–water partition coefficient (Wildman–Crippen LogP) is 2.66. The van der Waals surface area contributed by atoms with Gasteiger partial charge >= 0.3 is 0 Å². The Morgan fingerprint density at radius 2 is 2.33 bits per heavy atom. The Labute approximate surface area is 94.4 Å². The summed E-state index contributed by atoms with van der Waals surface area (Å²) in [5.74, 6) is 0. The topological polar surface area (TPSA) is 38.0 Å². The summed E-state index contributed by atoms with van der Waals surface area (Å²) in [6.45, 7) is 4.14. The van der Waals surface area contributed by atoms with E-state index in [1.807, 2.05) is 10.8 Å². The molecule has 1 aromatic rings. The van der Waals surface area contributed by atoms with E-state index >= 15 is 0 Å². The highest BCUT2D eigenvalue weighted by molar-refractivity contribution is 6.32. The van der Waals surface area contributed by atoms with E-state index in [1.54, 1.807) is 6.20 Å². The predicted molar refractivity (Wildman–Crippen MR) is 60.8 cm³/mol. The summed E-state index contributed by atoms with van der Waals surface area (Å²) in [5.41, 5.74) is 2.07. The van der Waals surface area contributed by atoms with Gasteiger partial charge in [-0.25, -0.2) is 0 Å². The average Bonchev–Trinajstić information content (AvgIpc) is 2.71. The molecular weight excluding hydrogens is 212 g/mol. The van der Waals surface area contributed by atoms with Gasteiger partial charge in [-0.15, -0.1) is 0 Å². The molecule has 1 heterocycles. The quantitative estimate of drug-likeness (QED) is 0.842. The van der Waals surface area contributed by atoms with Crippen molar-refractivity contribution in [1.29, 1.82) is 0 Å². The zero-order chi connectivity index (χ0) is 11.0. The minimum absolute atomic E-state index is 0.283. The van der Waals surface area contributed by atoms with Gasteiger partial charge in [0.05, 0.1) is 23.0 Å². The lowest BCUT2D eigenvalue weighted by Gasteiger charge is -2.11. The summed E-state index contributed by atoms with van der Waals surface area (Å²) in [7, 11) is 0. The minimum atomic E-state index is -0.327. The van der Waals surface area contributed by atoms with Crippen molar-refractivity contribution in [3.8, 4) is 0 Å². The van der Waals surface area contributed by atoms with E-state index in [0.717, 1.165) is 24.1 Å². The summed E-state index contributed by atoms with van der Waals surface area (Å²) < 4.78 is 1.91. The largest absolute Gasteiger partial charge is 0.389 e.